The van der Waals surface area contributed by atoms with E-state index in [9.17, 15) is 23.2 Å². The Labute approximate surface area is 310 Å². The van der Waals surface area contributed by atoms with Crippen molar-refractivity contribution in [1.82, 2.24) is 15.0 Å². The van der Waals surface area contributed by atoms with Crippen LogP contribution in [0.15, 0.2) is 54.9 Å². The van der Waals surface area contributed by atoms with Crippen LogP contribution in [0.25, 0.3) is 11.3 Å². The summed E-state index contributed by atoms with van der Waals surface area (Å²) in [7, 11) is 4.52. The van der Waals surface area contributed by atoms with Crippen LogP contribution in [-0.2, 0) is 24.1 Å². The Morgan fingerprint density at radius 3 is 2.20 bits per heavy atom. The molecule has 0 atom stereocenters. The normalized spacial score (nSPS) is 11.0. The maximum absolute atomic E-state index is 13.8. The fourth-order valence-corrected chi connectivity index (χ4v) is 5.01. The molecule has 1 N–H and O–H groups in total. The molecule has 0 spiro atoms. The third-order valence-corrected chi connectivity index (χ3v) is 7.44. The number of carboxylic acid groups (broad SMARTS) is 1. The molecule has 0 saturated heterocycles. The molecule has 0 aliphatic heterocycles. The van der Waals surface area contributed by atoms with E-state index in [-0.39, 0.29) is 90.8 Å². The van der Waals surface area contributed by atoms with Gasteiger partial charge in [0.2, 0.25) is 5.95 Å². The van der Waals surface area contributed by atoms with Crippen molar-refractivity contribution in [3.8, 4) is 40.3 Å². The van der Waals surface area contributed by atoms with Gasteiger partial charge in [-0.25, -0.2) is 15.0 Å². The molecule has 0 bridgehead atoms. The number of aromatic nitrogens is 3. The average Bonchev–Trinajstić information content (AvgIpc) is 3.08. The fourth-order valence-electron chi connectivity index (χ4n) is 5.01. The molecule has 259 valence electrons. The number of hydrogen-bond acceptors (Lipinski definition) is 10. The summed E-state index contributed by atoms with van der Waals surface area (Å²) in [6.07, 6.45) is -1.67. The number of nitriles is 1. The molecule has 50 heavy (non-hydrogen) atoms. The number of carbonyl (C=O) groups is 1. The quantitative estimate of drug-likeness (QED) is 0.105. The van der Waals surface area contributed by atoms with E-state index in [1.54, 1.807) is 17.0 Å². The maximum atomic E-state index is 13.8. The van der Waals surface area contributed by atoms with Crippen molar-refractivity contribution >= 4 is 41.5 Å². The summed E-state index contributed by atoms with van der Waals surface area (Å²) in [6, 6.07) is 12.2. The van der Waals surface area contributed by atoms with Crippen molar-refractivity contribution in [2.24, 2.45) is 0 Å². The van der Waals surface area contributed by atoms with Gasteiger partial charge in [0.1, 0.15) is 11.4 Å². The van der Waals surface area contributed by atoms with Crippen LogP contribution in [0, 0.1) is 11.3 Å². The van der Waals surface area contributed by atoms with Crippen LogP contribution >= 0.6 is 0 Å². The van der Waals surface area contributed by atoms with Crippen molar-refractivity contribution in [1.29, 1.82) is 5.26 Å². The van der Waals surface area contributed by atoms with E-state index in [2.05, 4.69) is 9.97 Å². The number of alkyl halides is 3. The second kappa shape index (κ2) is 17.9. The summed E-state index contributed by atoms with van der Waals surface area (Å²) in [4.78, 5) is 26.3. The number of methoxy groups -OCH3 is 3. The first kappa shape index (κ1) is 39.9. The van der Waals surface area contributed by atoms with Gasteiger partial charge in [0.05, 0.1) is 57.5 Å². The Balaban J connectivity index is 0.00000676. The molecule has 15 heteroatoms. The van der Waals surface area contributed by atoms with Gasteiger partial charge in [0.15, 0.2) is 17.2 Å². The summed E-state index contributed by atoms with van der Waals surface area (Å²) in [6.45, 7) is 4.07. The van der Waals surface area contributed by atoms with E-state index in [1.165, 1.54) is 39.8 Å². The minimum atomic E-state index is -4.68. The topological polar surface area (TPSA) is 140 Å². The van der Waals surface area contributed by atoms with Crippen LogP contribution in [0.1, 0.15) is 60.6 Å². The van der Waals surface area contributed by atoms with Crippen molar-refractivity contribution in [2.75, 3.05) is 32.8 Å². The molecule has 0 unspecified atom stereocenters. The Kier molecular flexibility index (Phi) is 14.3. The fraction of sp³-hybridized carbons (Fsp3) is 0.343. The van der Waals surface area contributed by atoms with Crippen molar-refractivity contribution < 1.29 is 42.0 Å². The number of halogens is 3. The number of rotatable bonds is 15. The molecular formula is C35H36F3N5NaO6. The summed E-state index contributed by atoms with van der Waals surface area (Å²) in [5, 5.41) is 18.4. The predicted molar refractivity (Wildman–Crippen MR) is 180 cm³/mol. The molecule has 0 amide bonds. The monoisotopic (exact) mass is 702 g/mol. The summed E-state index contributed by atoms with van der Waals surface area (Å²) in [5.41, 5.74) is 1.66. The van der Waals surface area contributed by atoms with E-state index >= 15 is 0 Å². The van der Waals surface area contributed by atoms with Crippen LogP contribution in [0.4, 0.5) is 19.1 Å². The van der Waals surface area contributed by atoms with Crippen molar-refractivity contribution in [2.45, 2.75) is 51.9 Å². The molecule has 0 aliphatic carbocycles. The second-order valence-electron chi connectivity index (χ2n) is 11.3. The molecule has 4 rings (SSSR count). The van der Waals surface area contributed by atoms with Crippen LogP contribution in [0.5, 0.6) is 23.0 Å². The van der Waals surface area contributed by atoms with Crippen molar-refractivity contribution in [3.63, 3.8) is 0 Å². The summed E-state index contributed by atoms with van der Waals surface area (Å²) >= 11 is 0. The number of aliphatic carboxylic acids is 1. The number of anilines is 1. The molecular weight excluding hydrogens is 666 g/mol. The first-order valence-corrected chi connectivity index (χ1v) is 15.2. The molecule has 2 heterocycles. The van der Waals surface area contributed by atoms with E-state index < -0.39 is 17.7 Å². The first-order chi connectivity index (χ1) is 23.4. The second-order valence-corrected chi connectivity index (χ2v) is 11.3. The number of ether oxygens (including phenoxy) is 4. The minimum Gasteiger partial charge on any atom is -0.494 e. The first-order valence-electron chi connectivity index (χ1n) is 15.2. The van der Waals surface area contributed by atoms with Crippen LogP contribution in [0.2, 0.25) is 0 Å². The van der Waals surface area contributed by atoms with Gasteiger partial charge in [-0.2, -0.15) is 18.4 Å². The van der Waals surface area contributed by atoms with Crippen LogP contribution in [-0.4, -0.2) is 83.5 Å². The van der Waals surface area contributed by atoms with Gasteiger partial charge < -0.3 is 29.0 Å². The Bertz CT molecular complexity index is 1820. The summed E-state index contributed by atoms with van der Waals surface area (Å²) < 4.78 is 64.0. The van der Waals surface area contributed by atoms with Gasteiger partial charge in [-0.05, 0) is 65.9 Å². The Morgan fingerprint density at radius 2 is 1.62 bits per heavy atom. The standard InChI is InChI=1S/C35H36F3N5O6.Na/c1-21(2)28-8-9-29(46-3)33(42-28)27-15-31(48-5)30(47-4)14-24(27)20-43(19-23-11-22(16-39)12-25(13-23)35(36,37)38)34-40-17-26(18-41-34)49-10-6-7-32(44)45;/h8-9,11-15,17-18,21H,6-7,10,19-20H2,1-5H3,(H,44,45);. The van der Waals surface area contributed by atoms with Crippen LogP contribution in [0.3, 0.4) is 0 Å². The van der Waals surface area contributed by atoms with Gasteiger partial charge in [0, 0.05) is 60.3 Å². The van der Waals surface area contributed by atoms with E-state index in [4.69, 9.17) is 29.0 Å². The van der Waals surface area contributed by atoms with Gasteiger partial charge >= 0.3 is 12.1 Å². The van der Waals surface area contributed by atoms with Crippen LogP contribution < -0.4 is 23.8 Å². The molecule has 2 aromatic carbocycles. The smallest absolute Gasteiger partial charge is 0.416 e. The van der Waals surface area contributed by atoms with Gasteiger partial charge in [-0.1, -0.05) is 13.8 Å². The van der Waals surface area contributed by atoms with Gasteiger partial charge in [-0.3, -0.25) is 4.79 Å². The SMILES string of the molecule is COc1cc(CN(Cc2cc(C#N)cc(C(F)(F)F)c2)c2ncc(OCCCC(=O)O)cn2)c(-c2nc(C(C)C)ccc2OC)cc1OC.[Na]. The van der Waals surface area contributed by atoms with E-state index in [0.717, 1.165) is 17.8 Å². The van der Waals surface area contributed by atoms with E-state index in [0.29, 0.717) is 34.1 Å². The molecule has 2 aromatic heterocycles. The third kappa shape index (κ3) is 10.2. The van der Waals surface area contributed by atoms with E-state index in [1.807, 2.05) is 32.0 Å². The maximum Gasteiger partial charge on any atom is 0.416 e. The summed E-state index contributed by atoms with van der Waals surface area (Å²) in [5.74, 6) is 0.885. The predicted octanol–water partition coefficient (Wildman–Crippen LogP) is 6.65. The molecule has 4 aromatic rings. The Morgan fingerprint density at radius 1 is 0.960 bits per heavy atom. The molecule has 0 aliphatic rings. The zero-order valence-electron chi connectivity index (χ0n) is 28.7. The number of pyridine rings is 1. The molecule has 0 saturated carbocycles. The number of carboxylic acids is 1. The zero-order chi connectivity index (χ0) is 35.7. The molecule has 1 radical (unpaired) electrons. The Hall–Kier alpha value is -4.58. The molecule has 0 fully saturated rings. The molecule has 11 nitrogen and oxygen atoms in total. The number of hydrogen-bond donors (Lipinski definition) is 1. The third-order valence-electron chi connectivity index (χ3n) is 7.44. The van der Waals surface area contributed by atoms with Gasteiger partial charge in [0.25, 0.3) is 0 Å². The number of nitrogens with zero attached hydrogens (tertiary/aromatic N) is 5. The van der Waals surface area contributed by atoms with Gasteiger partial charge in [-0.15, -0.1) is 0 Å². The number of benzene rings is 2. The average molecular weight is 703 g/mol. The van der Waals surface area contributed by atoms with Crippen molar-refractivity contribution in [3.05, 3.63) is 82.8 Å². The minimum absolute atomic E-state index is 0. The zero-order valence-corrected chi connectivity index (χ0v) is 30.7. The largest absolute Gasteiger partial charge is 0.494 e.